The number of rotatable bonds is 7. The lowest BCUT2D eigenvalue weighted by atomic mass is 9.81. The molecule has 0 saturated heterocycles. The lowest BCUT2D eigenvalue weighted by Crippen LogP contribution is -2.41. The molecular formula is C39H40N2O3. The third kappa shape index (κ3) is 5.47. The fourth-order valence-electron chi connectivity index (χ4n) is 7.02. The van der Waals surface area contributed by atoms with E-state index in [-0.39, 0.29) is 5.91 Å². The van der Waals surface area contributed by atoms with Crippen molar-refractivity contribution >= 4 is 16.8 Å². The first kappa shape index (κ1) is 28.3. The van der Waals surface area contributed by atoms with Crippen LogP contribution in [0.5, 0.6) is 11.5 Å². The summed E-state index contributed by atoms with van der Waals surface area (Å²) in [5.41, 5.74) is 7.22. The molecule has 1 aliphatic heterocycles. The number of hydrogen-bond donors (Lipinski definition) is 1. The Labute approximate surface area is 259 Å². The molecule has 1 saturated carbocycles. The maximum atomic E-state index is 13.8. The van der Waals surface area contributed by atoms with Gasteiger partial charge in [0.1, 0.15) is 24.7 Å². The number of carbonyl (C=O) groups is 1. The Morgan fingerprint density at radius 1 is 0.909 bits per heavy atom. The van der Waals surface area contributed by atoms with Gasteiger partial charge in [-0.05, 0) is 85.7 Å². The van der Waals surface area contributed by atoms with Gasteiger partial charge >= 0.3 is 0 Å². The van der Waals surface area contributed by atoms with E-state index in [9.17, 15) is 4.79 Å². The first-order valence-electron chi connectivity index (χ1n) is 16.0. The van der Waals surface area contributed by atoms with Crippen LogP contribution in [0.3, 0.4) is 0 Å². The van der Waals surface area contributed by atoms with Gasteiger partial charge in [0.05, 0.1) is 17.8 Å². The second-order valence-electron chi connectivity index (χ2n) is 12.7. The van der Waals surface area contributed by atoms with Gasteiger partial charge in [0.25, 0.3) is 5.91 Å². The summed E-state index contributed by atoms with van der Waals surface area (Å²) >= 11 is 0. The maximum absolute atomic E-state index is 13.8. The minimum atomic E-state index is -0.569. The number of benzene rings is 4. The summed E-state index contributed by atoms with van der Waals surface area (Å²) in [7, 11) is 0. The minimum absolute atomic E-state index is 0.0821. The SMILES string of the molecule is CC(C)(NC(=O)c1ccc2c(C3CCCCC3)c3n(c2c1)CCOc1ccccc1-3)c1ccc(OCc2ccccc2)cc1. The zero-order valence-electron chi connectivity index (χ0n) is 25.6. The highest BCUT2D eigenvalue weighted by Crippen LogP contribution is 2.47. The van der Waals surface area contributed by atoms with Crippen molar-refractivity contribution < 1.29 is 14.3 Å². The van der Waals surface area contributed by atoms with Crippen molar-refractivity contribution in [2.75, 3.05) is 6.61 Å². The molecule has 5 aromatic rings. The molecular weight excluding hydrogens is 544 g/mol. The average Bonchev–Trinajstić information content (AvgIpc) is 3.25. The first-order chi connectivity index (χ1) is 21.5. The maximum Gasteiger partial charge on any atom is 0.252 e. The molecule has 1 aliphatic carbocycles. The fourth-order valence-corrected chi connectivity index (χ4v) is 7.02. The molecule has 1 amide bonds. The zero-order valence-corrected chi connectivity index (χ0v) is 25.6. The molecule has 44 heavy (non-hydrogen) atoms. The summed E-state index contributed by atoms with van der Waals surface area (Å²) in [5.74, 6) is 2.19. The van der Waals surface area contributed by atoms with E-state index in [4.69, 9.17) is 9.47 Å². The van der Waals surface area contributed by atoms with Gasteiger partial charge in [0.2, 0.25) is 0 Å². The number of para-hydroxylation sites is 1. The topological polar surface area (TPSA) is 52.5 Å². The van der Waals surface area contributed by atoms with Gasteiger partial charge in [-0.15, -0.1) is 0 Å². The molecule has 1 fully saturated rings. The van der Waals surface area contributed by atoms with Gasteiger partial charge in [-0.25, -0.2) is 0 Å². The van der Waals surface area contributed by atoms with E-state index in [1.165, 1.54) is 48.7 Å². The Balaban J connectivity index is 1.17. The molecule has 0 unspecified atom stereocenters. The van der Waals surface area contributed by atoms with Crippen LogP contribution in [0.1, 0.15) is 78.9 Å². The zero-order chi connectivity index (χ0) is 30.1. The van der Waals surface area contributed by atoms with E-state index in [0.29, 0.717) is 24.7 Å². The minimum Gasteiger partial charge on any atom is -0.491 e. The van der Waals surface area contributed by atoms with Crippen molar-refractivity contribution in [1.29, 1.82) is 0 Å². The third-order valence-electron chi connectivity index (χ3n) is 9.34. The highest BCUT2D eigenvalue weighted by atomic mass is 16.5. The van der Waals surface area contributed by atoms with Gasteiger partial charge in [-0.1, -0.05) is 79.9 Å². The van der Waals surface area contributed by atoms with Gasteiger partial charge in [-0.3, -0.25) is 4.79 Å². The molecule has 7 rings (SSSR count). The van der Waals surface area contributed by atoms with E-state index in [0.717, 1.165) is 40.3 Å². The second-order valence-corrected chi connectivity index (χ2v) is 12.7. The van der Waals surface area contributed by atoms with Crippen LogP contribution < -0.4 is 14.8 Å². The molecule has 4 aromatic carbocycles. The largest absolute Gasteiger partial charge is 0.491 e. The normalized spacial score (nSPS) is 15.1. The highest BCUT2D eigenvalue weighted by molar-refractivity contribution is 6.01. The summed E-state index contributed by atoms with van der Waals surface area (Å²) in [6.07, 6.45) is 6.27. The molecule has 0 spiro atoms. The van der Waals surface area contributed by atoms with Crippen molar-refractivity contribution in [2.45, 2.75) is 70.6 Å². The number of amides is 1. The summed E-state index contributed by atoms with van der Waals surface area (Å²) in [6.45, 7) is 5.96. The standard InChI is InChI=1S/C39H40N2O3/c1-39(2,30-18-20-31(21-19-30)44-26-27-11-5-3-6-12-27)40-38(42)29-17-22-32-34(25-29)41-23-24-43-35-16-10-9-15-33(35)37(41)36(32)28-13-7-4-8-14-28/h3,5-6,9-12,15-22,25,28H,4,7-8,13-14,23-24,26H2,1-2H3,(H,40,42). The van der Waals surface area contributed by atoms with Crippen LogP contribution in [0.4, 0.5) is 0 Å². The third-order valence-corrected chi connectivity index (χ3v) is 9.34. The number of fused-ring (bicyclic) bond motifs is 5. The molecule has 224 valence electrons. The number of ether oxygens (including phenoxy) is 2. The van der Waals surface area contributed by atoms with E-state index in [2.05, 4.69) is 52.3 Å². The highest BCUT2D eigenvalue weighted by Gasteiger charge is 2.30. The summed E-state index contributed by atoms with van der Waals surface area (Å²) < 4.78 is 14.6. The quantitative estimate of drug-likeness (QED) is 0.208. The van der Waals surface area contributed by atoms with Crippen molar-refractivity contribution in [3.8, 4) is 22.8 Å². The van der Waals surface area contributed by atoms with E-state index in [1.54, 1.807) is 0 Å². The van der Waals surface area contributed by atoms with Crippen LogP contribution >= 0.6 is 0 Å². The Bertz CT molecular complexity index is 1780. The number of carbonyl (C=O) groups excluding carboxylic acids is 1. The Kier molecular flexibility index (Phi) is 7.63. The van der Waals surface area contributed by atoms with Crippen molar-refractivity contribution in [3.05, 3.63) is 119 Å². The van der Waals surface area contributed by atoms with Gasteiger partial charge in [0, 0.05) is 22.0 Å². The van der Waals surface area contributed by atoms with Gasteiger partial charge in [0.15, 0.2) is 0 Å². The van der Waals surface area contributed by atoms with Crippen LogP contribution in [-0.2, 0) is 18.7 Å². The van der Waals surface area contributed by atoms with Crippen LogP contribution in [0, 0.1) is 0 Å². The lowest BCUT2D eigenvalue weighted by Gasteiger charge is -2.27. The summed E-state index contributed by atoms with van der Waals surface area (Å²) in [4.78, 5) is 13.8. The fraction of sp³-hybridized carbons (Fsp3) is 0.308. The predicted octanol–water partition coefficient (Wildman–Crippen LogP) is 8.99. The number of aromatic nitrogens is 1. The molecule has 1 aromatic heterocycles. The van der Waals surface area contributed by atoms with Crippen molar-refractivity contribution in [2.24, 2.45) is 0 Å². The van der Waals surface area contributed by atoms with Crippen LogP contribution in [0.25, 0.3) is 22.2 Å². The molecule has 2 aliphatic rings. The molecule has 0 atom stereocenters. The summed E-state index contributed by atoms with van der Waals surface area (Å²) in [6, 6.07) is 32.8. The molecule has 5 heteroatoms. The smallest absolute Gasteiger partial charge is 0.252 e. The molecule has 0 radical (unpaired) electrons. The molecule has 1 N–H and O–H groups in total. The first-order valence-corrected chi connectivity index (χ1v) is 16.0. The predicted molar refractivity (Wildman–Crippen MR) is 176 cm³/mol. The van der Waals surface area contributed by atoms with Crippen molar-refractivity contribution in [1.82, 2.24) is 9.88 Å². The van der Waals surface area contributed by atoms with Crippen LogP contribution in [-0.4, -0.2) is 17.1 Å². The van der Waals surface area contributed by atoms with Gasteiger partial charge in [-0.2, -0.15) is 0 Å². The number of nitrogens with one attached hydrogen (secondary N) is 1. The number of hydrogen-bond acceptors (Lipinski definition) is 3. The number of nitrogens with zero attached hydrogens (tertiary/aromatic N) is 1. The Morgan fingerprint density at radius 2 is 1.66 bits per heavy atom. The average molecular weight is 585 g/mol. The Morgan fingerprint density at radius 3 is 2.45 bits per heavy atom. The van der Waals surface area contributed by atoms with E-state index >= 15 is 0 Å². The van der Waals surface area contributed by atoms with Crippen LogP contribution in [0.2, 0.25) is 0 Å². The molecule has 2 heterocycles. The monoisotopic (exact) mass is 584 g/mol. The lowest BCUT2D eigenvalue weighted by molar-refractivity contribution is 0.0912. The van der Waals surface area contributed by atoms with E-state index in [1.807, 2.05) is 68.4 Å². The van der Waals surface area contributed by atoms with Gasteiger partial charge < -0.3 is 19.4 Å². The molecule has 0 bridgehead atoms. The second kappa shape index (κ2) is 11.9. The van der Waals surface area contributed by atoms with Crippen molar-refractivity contribution in [3.63, 3.8) is 0 Å². The van der Waals surface area contributed by atoms with E-state index < -0.39 is 5.54 Å². The van der Waals surface area contributed by atoms with Crippen LogP contribution in [0.15, 0.2) is 97.1 Å². The molecule has 5 nitrogen and oxygen atoms in total. The Hall–Kier alpha value is -4.51. The summed E-state index contributed by atoms with van der Waals surface area (Å²) in [5, 5.41) is 4.56.